The molecule has 0 spiro atoms. The number of aliphatic carboxylic acids is 1. The Kier molecular flexibility index (Phi) is 20.7. The fourth-order valence-corrected chi connectivity index (χ4v) is 3.17. The molecule has 2 N–H and O–H groups in total. The summed E-state index contributed by atoms with van der Waals surface area (Å²) in [5.74, 6) is -0.645. The number of carbonyl (C=O) groups excluding carboxylic acids is 1. The Balaban J connectivity index is 3.52. The summed E-state index contributed by atoms with van der Waals surface area (Å²) in [5, 5.41) is 17.8. The van der Waals surface area contributed by atoms with Gasteiger partial charge in [0, 0.05) is 19.4 Å². The summed E-state index contributed by atoms with van der Waals surface area (Å²) >= 11 is 0. The molecule has 5 heteroatoms. The van der Waals surface area contributed by atoms with Crippen molar-refractivity contribution in [3.8, 4) is 0 Å². The smallest absolute Gasteiger partial charge is 0.317 e. The highest BCUT2D eigenvalue weighted by Crippen LogP contribution is 2.10. The summed E-state index contributed by atoms with van der Waals surface area (Å²) in [6.07, 6.45) is 25.0. The minimum atomic E-state index is -0.905. The van der Waals surface area contributed by atoms with Gasteiger partial charge in [-0.25, -0.2) is 0 Å². The van der Waals surface area contributed by atoms with E-state index in [4.69, 9.17) is 10.2 Å². The van der Waals surface area contributed by atoms with E-state index in [9.17, 15) is 9.59 Å². The summed E-state index contributed by atoms with van der Waals surface area (Å²) in [6, 6.07) is 0. The quantitative estimate of drug-likeness (QED) is 0.194. The number of hydrogen-bond acceptors (Lipinski definition) is 4. The van der Waals surface area contributed by atoms with E-state index in [1.54, 1.807) is 4.90 Å². The monoisotopic (exact) mass is 421 g/mol. The van der Waals surface area contributed by atoms with Crippen molar-refractivity contribution in [1.82, 2.24) is 4.90 Å². The number of Topliss-reactive ketones (excluding diaryl/α,β-unsaturated/α-hetero) is 1. The number of rotatable bonds is 21. The van der Waals surface area contributed by atoms with Gasteiger partial charge in [0.1, 0.15) is 5.78 Å². The lowest BCUT2D eigenvalue weighted by molar-refractivity contribution is -0.138. The number of hydrogen-bond donors (Lipinski definition) is 2. The second kappa shape index (κ2) is 22.0. The summed E-state index contributed by atoms with van der Waals surface area (Å²) in [5.41, 5.74) is 0. The molecule has 0 aliphatic carbocycles. The van der Waals surface area contributed by atoms with Crippen molar-refractivity contribution in [2.75, 3.05) is 26.2 Å². The Labute approximate surface area is 183 Å². The van der Waals surface area contributed by atoms with Crippen LogP contribution in [0.5, 0.6) is 0 Å². The third-order valence-electron chi connectivity index (χ3n) is 4.81. The van der Waals surface area contributed by atoms with Gasteiger partial charge in [-0.05, 0) is 51.5 Å². The van der Waals surface area contributed by atoms with Crippen molar-refractivity contribution in [1.29, 1.82) is 0 Å². The van der Waals surface area contributed by atoms with Crippen molar-refractivity contribution < 1.29 is 19.8 Å². The van der Waals surface area contributed by atoms with Crippen molar-refractivity contribution in [3.63, 3.8) is 0 Å². The minimum Gasteiger partial charge on any atom is -0.480 e. The predicted octanol–water partition coefficient (Wildman–Crippen LogP) is 5.30. The molecule has 0 aliphatic heterocycles. The molecule has 0 bridgehead atoms. The lowest BCUT2D eigenvalue weighted by atomic mass is 10.1. The molecule has 0 aliphatic rings. The maximum atomic E-state index is 11.9. The molecular weight excluding hydrogens is 378 g/mol. The standard InChI is InChI=1S/C25H43NO4/c1-2-3-4-5-6-7-8-9-10-11-12-13-14-15-16-18-24(28)19-17-20-26(21-22-27)23-25(29)30/h3-4,6-7,9-10,27H,2,5,8,11-23H2,1H3,(H,29,30)/b4-3+,7-6+,10-9+. The van der Waals surface area contributed by atoms with Gasteiger partial charge in [-0.3, -0.25) is 14.5 Å². The second-order valence-electron chi connectivity index (χ2n) is 7.64. The fourth-order valence-electron chi connectivity index (χ4n) is 3.17. The first-order chi connectivity index (χ1) is 14.6. The maximum absolute atomic E-state index is 11.9. The summed E-state index contributed by atoms with van der Waals surface area (Å²) in [4.78, 5) is 24.4. The molecule has 0 saturated heterocycles. The molecule has 0 fully saturated rings. The highest BCUT2D eigenvalue weighted by Gasteiger charge is 2.10. The highest BCUT2D eigenvalue weighted by molar-refractivity contribution is 5.78. The molecular formula is C25H43NO4. The van der Waals surface area contributed by atoms with Crippen LogP contribution >= 0.6 is 0 Å². The molecule has 5 nitrogen and oxygen atoms in total. The molecule has 0 aromatic rings. The molecule has 0 heterocycles. The van der Waals surface area contributed by atoms with Crippen molar-refractivity contribution in [3.05, 3.63) is 36.5 Å². The molecule has 0 amide bonds. The molecule has 172 valence electrons. The number of allylic oxidation sites excluding steroid dienone is 6. The molecule has 30 heavy (non-hydrogen) atoms. The van der Waals surface area contributed by atoms with E-state index in [1.165, 1.54) is 19.3 Å². The van der Waals surface area contributed by atoms with Gasteiger partial charge in [-0.2, -0.15) is 0 Å². The maximum Gasteiger partial charge on any atom is 0.317 e. The summed E-state index contributed by atoms with van der Waals surface area (Å²) < 4.78 is 0. The lowest BCUT2D eigenvalue weighted by Crippen LogP contribution is -2.33. The molecule has 0 radical (unpaired) electrons. The first-order valence-corrected chi connectivity index (χ1v) is 11.6. The van der Waals surface area contributed by atoms with Crippen LogP contribution in [0, 0.1) is 0 Å². The van der Waals surface area contributed by atoms with Crippen molar-refractivity contribution in [2.45, 2.75) is 84.0 Å². The number of aliphatic hydroxyl groups is 1. The number of carboxylic acid groups (broad SMARTS) is 1. The van der Waals surface area contributed by atoms with E-state index in [2.05, 4.69) is 43.4 Å². The molecule has 0 unspecified atom stereocenters. The number of aliphatic hydroxyl groups excluding tert-OH is 1. The SMILES string of the molecule is CC/C=C/C/C=C/C/C=C/CCCCCCCC(=O)CCCN(CCO)CC(=O)O. The van der Waals surface area contributed by atoms with Crippen LogP contribution in [-0.2, 0) is 9.59 Å². The van der Waals surface area contributed by atoms with Crippen LogP contribution in [0.4, 0.5) is 0 Å². The summed E-state index contributed by atoms with van der Waals surface area (Å²) in [7, 11) is 0. The van der Waals surface area contributed by atoms with Crippen molar-refractivity contribution in [2.24, 2.45) is 0 Å². The normalized spacial score (nSPS) is 12.1. The number of unbranched alkanes of at least 4 members (excludes halogenated alkanes) is 5. The van der Waals surface area contributed by atoms with Gasteiger partial charge in [0.2, 0.25) is 0 Å². The van der Waals surface area contributed by atoms with Crippen LogP contribution in [-0.4, -0.2) is 53.1 Å². The van der Waals surface area contributed by atoms with E-state index < -0.39 is 5.97 Å². The predicted molar refractivity (Wildman–Crippen MR) is 125 cm³/mol. The van der Waals surface area contributed by atoms with E-state index >= 15 is 0 Å². The highest BCUT2D eigenvalue weighted by atomic mass is 16.4. The van der Waals surface area contributed by atoms with Crippen LogP contribution in [0.15, 0.2) is 36.5 Å². The van der Waals surface area contributed by atoms with Crippen LogP contribution in [0.1, 0.15) is 84.0 Å². The summed E-state index contributed by atoms with van der Waals surface area (Å²) in [6.45, 7) is 2.87. The van der Waals surface area contributed by atoms with E-state index in [1.807, 2.05) is 0 Å². The fraction of sp³-hybridized carbons (Fsp3) is 0.680. The second-order valence-corrected chi connectivity index (χ2v) is 7.64. The molecule has 0 aromatic carbocycles. The first kappa shape index (κ1) is 28.3. The van der Waals surface area contributed by atoms with Crippen LogP contribution in [0.25, 0.3) is 0 Å². The average Bonchev–Trinajstić information content (AvgIpc) is 2.70. The van der Waals surface area contributed by atoms with Gasteiger partial charge in [-0.1, -0.05) is 62.6 Å². The Hall–Kier alpha value is -1.72. The zero-order valence-corrected chi connectivity index (χ0v) is 18.9. The Morgan fingerprint density at radius 2 is 1.37 bits per heavy atom. The first-order valence-electron chi connectivity index (χ1n) is 11.6. The van der Waals surface area contributed by atoms with Gasteiger partial charge in [0.25, 0.3) is 0 Å². The van der Waals surface area contributed by atoms with Crippen LogP contribution < -0.4 is 0 Å². The van der Waals surface area contributed by atoms with Crippen molar-refractivity contribution >= 4 is 11.8 Å². The Bertz CT molecular complexity index is 511. The molecule has 0 atom stereocenters. The Morgan fingerprint density at radius 1 is 0.767 bits per heavy atom. The number of ketones is 1. The van der Waals surface area contributed by atoms with Gasteiger partial charge >= 0.3 is 5.97 Å². The van der Waals surface area contributed by atoms with Gasteiger partial charge < -0.3 is 10.2 Å². The molecule has 0 saturated carbocycles. The van der Waals surface area contributed by atoms with Gasteiger partial charge in [0.15, 0.2) is 0 Å². The van der Waals surface area contributed by atoms with Gasteiger partial charge in [0.05, 0.1) is 13.2 Å². The van der Waals surface area contributed by atoms with E-state index in [0.29, 0.717) is 32.4 Å². The molecule has 0 aromatic heterocycles. The van der Waals surface area contributed by atoms with E-state index in [-0.39, 0.29) is 18.9 Å². The van der Waals surface area contributed by atoms with Crippen LogP contribution in [0.3, 0.4) is 0 Å². The third-order valence-corrected chi connectivity index (χ3v) is 4.81. The van der Waals surface area contributed by atoms with Crippen LogP contribution in [0.2, 0.25) is 0 Å². The Morgan fingerprint density at radius 3 is 2.03 bits per heavy atom. The number of carboxylic acids is 1. The van der Waals surface area contributed by atoms with E-state index in [0.717, 1.165) is 38.5 Å². The number of nitrogens with zero attached hydrogens (tertiary/aromatic N) is 1. The average molecular weight is 422 g/mol. The number of carbonyl (C=O) groups is 2. The lowest BCUT2D eigenvalue weighted by Gasteiger charge is -2.18. The zero-order valence-electron chi connectivity index (χ0n) is 18.9. The minimum absolute atomic E-state index is 0.0645. The molecule has 0 rings (SSSR count). The van der Waals surface area contributed by atoms with Gasteiger partial charge in [-0.15, -0.1) is 0 Å². The zero-order chi connectivity index (χ0) is 22.3. The third kappa shape index (κ3) is 21.0. The largest absolute Gasteiger partial charge is 0.480 e. The topological polar surface area (TPSA) is 77.8 Å².